The Bertz CT molecular complexity index is 419. The maximum Gasteiger partial charge on any atom is 0.142 e. The second kappa shape index (κ2) is 7.96. The Labute approximate surface area is 126 Å². The first-order chi connectivity index (χ1) is 9.69. The molecular formula is C16H24ClFN2. The van der Waals surface area contributed by atoms with Crippen LogP contribution < -0.4 is 5.32 Å². The molecule has 1 N–H and O–H groups in total. The number of benzene rings is 1. The zero-order valence-corrected chi connectivity index (χ0v) is 12.9. The topological polar surface area (TPSA) is 15.3 Å². The van der Waals surface area contributed by atoms with Gasteiger partial charge in [0.1, 0.15) is 5.82 Å². The molecule has 0 aliphatic carbocycles. The molecule has 2 nitrogen and oxygen atoms in total. The Hall–Kier alpha value is -0.640. The predicted molar refractivity (Wildman–Crippen MR) is 82.6 cm³/mol. The molecule has 1 aromatic rings. The number of hydrogen-bond donors (Lipinski definition) is 1. The minimum absolute atomic E-state index is 0.200. The highest BCUT2D eigenvalue weighted by molar-refractivity contribution is 6.30. The molecule has 1 saturated heterocycles. The van der Waals surface area contributed by atoms with Crippen molar-refractivity contribution >= 4 is 11.6 Å². The van der Waals surface area contributed by atoms with Gasteiger partial charge in [-0.25, -0.2) is 4.39 Å². The van der Waals surface area contributed by atoms with Crippen LogP contribution in [0.25, 0.3) is 0 Å². The lowest BCUT2D eigenvalue weighted by Crippen LogP contribution is -2.37. The van der Waals surface area contributed by atoms with Crippen molar-refractivity contribution in [2.45, 2.75) is 45.2 Å². The minimum Gasteiger partial charge on any atom is -0.313 e. The van der Waals surface area contributed by atoms with Gasteiger partial charge in [-0.15, -0.1) is 0 Å². The molecule has 0 amide bonds. The third kappa shape index (κ3) is 4.72. The van der Waals surface area contributed by atoms with Gasteiger partial charge in [0.25, 0.3) is 0 Å². The summed E-state index contributed by atoms with van der Waals surface area (Å²) in [5, 5.41) is 3.73. The lowest BCUT2D eigenvalue weighted by molar-refractivity contribution is 0.237. The van der Waals surface area contributed by atoms with Crippen molar-refractivity contribution < 1.29 is 4.39 Å². The molecule has 0 bridgehead atoms. The second-order valence-electron chi connectivity index (χ2n) is 5.63. The van der Waals surface area contributed by atoms with Crippen molar-refractivity contribution in [2.24, 2.45) is 0 Å². The number of rotatable bonds is 7. The molecule has 2 rings (SSSR count). The van der Waals surface area contributed by atoms with Gasteiger partial charge >= 0.3 is 0 Å². The van der Waals surface area contributed by atoms with Crippen LogP contribution in [0.3, 0.4) is 0 Å². The first-order valence-electron chi connectivity index (χ1n) is 7.58. The van der Waals surface area contributed by atoms with Crippen molar-refractivity contribution in [1.29, 1.82) is 0 Å². The zero-order chi connectivity index (χ0) is 14.4. The normalized spacial score (nSPS) is 18.9. The van der Waals surface area contributed by atoms with Gasteiger partial charge in [-0.05, 0) is 50.0 Å². The van der Waals surface area contributed by atoms with Crippen LogP contribution in [0.2, 0.25) is 5.02 Å². The van der Waals surface area contributed by atoms with Gasteiger partial charge in [0.2, 0.25) is 0 Å². The molecule has 1 aromatic carbocycles. The third-order valence-corrected chi connectivity index (χ3v) is 4.17. The van der Waals surface area contributed by atoms with Crippen LogP contribution in [0, 0.1) is 5.82 Å². The summed E-state index contributed by atoms with van der Waals surface area (Å²) in [5.41, 5.74) is 1.00. The Morgan fingerprint density at radius 2 is 2.30 bits per heavy atom. The van der Waals surface area contributed by atoms with Crippen LogP contribution in [-0.2, 0) is 6.54 Å². The molecule has 1 heterocycles. The number of hydrogen-bond acceptors (Lipinski definition) is 2. The van der Waals surface area contributed by atoms with Crippen molar-refractivity contribution in [3.8, 4) is 0 Å². The Morgan fingerprint density at radius 3 is 2.95 bits per heavy atom. The maximum atomic E-state index is 13.5. The highest BCUT2D eigenvalue weighted by Gasteiger charge is 2.18. The van der Waals surface area contributed by atoms with Gasteiger partial charge < -0.3 is 5.32 Å². The molecule has 1 fully saturated rings. The molecule has 112 valence electrons. The maximum absolute atomic E-state index is 13.5. The fraction of sp³-hybridized carbons (Fsp3) is 0.625. The summed E-state index contributed by atoms with van der Waals surface area (Å²) in [6, 6.07) is 5.72. The van der Waals surface area contributed by atoms with E-state index in [0.29, 0.717) is 6.04 Å². The first-order valence-corrected chi connectivity index (χ1v) is 7.96. The van der Waals surface area contributed by atoms with Gasteiger partial charge in [0, 0.05) is 19.1 Å². The molecule has 0 spiro atoms. The highest BCUT2D eigenvalue weighted by Crippen LogP contribution is 2.18. The van der Waals surface area contributed by atoms with Crippen LogP contribution in [0.1, 0.15) is 38.2 Å². The summed E-state index contributed by atoms with van der Waals surface area (Å²) in [5.74, 6) is -0.321. The van der Waals surface area contributed by atoms with Crippen molar-refractivity contribution in [2.75, 3.05) is 19.6 Å². The zero-order valence-electron chi connectivity index (χ0n) is 12.2. The molecule has 0 aromatic heterocycles. The third-order valence-electron chi connectivity index (χ3n) is 3.86. The Balaban J connectivity index is 1.95. The van der Waals surface area contributed by atoms with Crippen LogP contribution in [0.5, 0.6) is 0 Å². The second-order valence-corrected chi connectivity index (χ2v) is 6.04. The van der Waals surface area contributed by atoms with E-state index in [-0.39, 0.29) is 10.8 Å². The van der Waals surface area contributed by atoms with Gasteiger partial charge in [0.05, 0.1) is 5.02 Å². The largest absolute Gasteiger partial charge is 0.313 e. The van der Waals surface area contributed by atoms with E-state index in [0.717, 1.165) is 31.7 Å². The van der Waals surface area contributed by atoms with E-state index in [2.05, 4.69) is 17.1 Å². The quantitative estimate of drug-likeness (QED) is 0.823. The molecule has 1 aliphatic heterocycles. The molecule has 4 heteroatoms. The molecule has 0 radical (unpaired) electrons. The van der Waals surface area contributed by atoms with E-state index in [4.69, 9.17) is 11.6 Å². The van der Waals surface area contributed by atoms with E-state index in [1.54, 1.807) is 12.1 Å². The van der Waals surface area contributed by atoms with Crippen molar-refractivity contribution in [3.05, 3.63) is 34.6 Å². The molecular weight excluding hydrogens is 275 g/mol. The SMILES string of the molecule is CCCCN(Cc1ccc(Cl)c(F)c1)CC1CCCN1. The van der Waals surface area contributed by atoms with E-state index >= 15 is 0 Å². The summed E-state index contributed by atoms with van der Waals surface area (Å²) in [7, 11) is 0. The molecule has 0 saturated carbocycles. The fourth-order valence-corrected chi connectivity index (χ4v) is 2.85. The van der Waals surface area contributed by atoms with E-state index in [1.165, 1.54) is 25.7 Å². The van der Waals surface area contributed by atoms with Gasteiger partial charge in [0.15, 0.2) is 0 Å². The van der Waals surface area contributed by atoms with Crippen LogP contribution in [-0.4, -0.2) is 30.6 Å². The monoisotopic (exact) mass is 298 g/mol. The average Bonchev–Trinajstić information content (AvgIpc) is 2.93. The van der Waals surface area contributed by atoms with Crippen LogP contribution in [0.15, 0.2) is 18.2 Å². The molecule has 1 unspecified atom stereocenters. The lowest BCUT2D eigenvalue weighted by atomic mass is 10.1. The Kier molecular flexibility index (Phi) is 6.27. The first kappa shape index (κ1) is 15.7. The van der Waals surface area contributed by atoms with E-state index in [9.17, 15) is 4.39 Å². The van der Waals surface area contributed by atoms with Gasteiger partial charge in [-0.1, -0.05) is 31.0 Å². The predicted octanol–water partition coefficient (Wildman–Crippen LogP) is 3.83. The highest BCUT2D eigenvalue weighted by atomic mass is 35.5. The summed E-state index contributed by atoms with van der Waals surface area (Å²) < 4.78 is 13.5. The lowest BCUT2D eigenvalue weighted by Gasteiger charge is -2.25. The van der Waals surface area contributed by atoms with Crippen LogP contribution >= 0.6 is 11.6 Å². The summed E-state index contributed by atoms with van der Waals surface area (Å²) in [6.07, 6.45) is 4.88. The standard InChI is InChI=1S/C16H24ClFN2/c1-2-3-9-20(12-14-5-4-8-19-14)11-13-6-7-15(17)16(18)10-13/h6-7,10,14,19H,2-5,8-9,11-12H2,1H3. The minimum atomic E-state index is -0.321. The van der Waals surface area contributed by atoms with Gasteiger partial charge in [-0.3, -0.25) is 4.90 Å². The van der Waals surface area contributed by atoms with Crippen LogP contribution in [0.4, 0.5) is 4.39 Å². The Morgan fingerprint density at radius 1 is 1.45 bits per heavy atom. The molecule has 1 atom stereocenters. The van der Waals surface area contributed by atoms with Crippen molar-refractivity contribution in [1.82, 2.24) is 10.2 Å². The fourth-order valence-electron chi connectivity index (χ4n) is 2.74. The molecule has 1 aliphatic rings. The van der Waals surface area contributed by atoms with E-state index in [1.807, 2.05) is 6.07 Å². The summed E-state index contributed by atoms with van der Waals surface area (Å²) in [6.45, 7) is 6.24. The summed E-state index contributed by atoms with van der Waals surface area (Å²) >= 11 is 5.74. The van der Waals surface area contributed by atoms with E-state index < -0.39 is 0 Å². The number of nitrogens with zero attached hydrogens (tertiary/aromatic N) is 1. The van der Waals surface area contributed by atoms with Gasteiger partial charge in [-0.2, -0.15) is 0 Å². The summed E-state index contributed by atoms with van der Waals surface area (Å²) in [4.78, 5) is 2.43. The molecule has 20 heavy (non-hydrogen) atoms. The van der Waals surface area contributed by atoms with Crippen molar-refractivity contribution in [3.63, 3.8) is 0 Å². The smallest absolute Gasteiger partial charge is 0.142 e. The number of nitrogens with one attached hydrogen (secondary N) is 1. The number of unbranched alkanes of at least 4 members (excludes halogenated alkanes) is 1. The average molecular weight is 299 g/mol. The number of halogens is 2.